The largest absolute Gasteiger partial charge is 0.459 e. The fourth-order valence-electron chi connectivity index (χ4n) is 3.24. The number of hydrogen-bond donors (Lipinski definition) is 3. The predicted molar refractivity (Wildman–Crippen MR) is 105 cm³/mol. The highest BCUT2D eigenvalue weighted by molar-refractivity contribution is 5.92. The molecule has 7 nitrogen and oxygen atoms in total. The van der Waals surface area contributed by atoms with Crippen molar-refractivity contribution in [2.75, 3.05) is 39.3 Å². The predicted octanol–water partition coefficient (Wildman–Crippen LogP) is 1.75. The number of carbonyl (C=O) groups excluding carboxylic acids is 1. The van der Waals surface area contributed by atoms with E-state index in [9.17, 15) is 4.79 Å². The fourth-order valence-corrected chi connectivity index (χ4v) is 3.24. The van der Waals surface area contributed by atoms with Crippen LogP contribution in [0.2, 0.25) is 0 Å². The first kappa shape index (κ1) is 20.3. The van der Waals surface area contributed by atoms with Crippen molar-refractivity contribution < 1.29 is 9.21 Å². The molecule has 1 amide bonds. The highest BCUT2D eigenvalue weighted by atomic mass is 16.3. The Bertz CT molecular complexity index is 584. The van der Waals surface area contributed by atoms with E-state index in [1.54, 1.807) is 6.07 Å². The van der Waals surface area contributed by atoms with Gasteiger partial charge in [0.2, 0.25) is 0 Å². The van der Waals surface area contributed by atoms with Crippen LogP contribution < -0.4 is 16.0 Å². The molecule has 2 heterocycles. The molecule has 0 radical (unpaired) electrons. The van der Waals surface area contributed by atoms with Crippen LogP contribution in [0.25, 0.3) is 0 Å². The molecule has 0 aliphatic carbocycles. The van der Waals surface area contributed by atoms with E-state index in [1.807, 2.05) is 6.92 Å². The number of aliphatic imine (C=N–C) groups is 1. The Morgan fingerprint density at radius 1 is 1.31 bits per heavy atom. The Labute approximate surface area is 156 Å². The van der Waals surface area contributed by atoms with E-state index in [0.29, 0.717) is 18.3 Å². The lowest BCUT2D eigenvalue weighted by molar-refractivity contribution is 0.0925. The summed E-state index contributed by atoms with van der Waals surface area (Å²) in [6.45, 7) is 11.4. The number of nitrogens with zero attached hydrogens (tertiary/aromatic N) is 2. The summed E-state index contributed by atoms with van der Waals surface area (Å²) in [5.41, 5.74) is 0.857. The quantitative estimate of drug-likeness (QED) is 0.354. The van der Waals surface area contributed by atoms with E-state index in [4.69, 9.17) is 9.41 Å². The van der Waals surface area contributed by atoms with Gasteiger partial charge >= 0.3 is 0 Å². The van der Waals surface area contributed by atoms with E-state index in [0.717, 1.165) is 44.1 Å². The summed E-state index contributed by atoms with van der Waals surface area (Å²) in [7, 11) is 0. The lowest BCUT2D eigenvalue weighted by Crippen LogP contribution is -2.40. The van der Waals surface area contributed by atoms with E-state index >= 15 is 0 Å². The lowest BCUT2D eigenvalue weighted by Gasteiger charge is -2.21. The summed E-state index contributed by atoms with van der Waals surface area (Å²) in [6.07, 6.45) is 4.86. The van der Waals surface area contributed by atoms with Crippen molar-refractivity contribution in [2.45, 2.75) is 46.1 Å². The Kier molecular flexibility index (Phi) is 8.47. The monoisotopic (exact) mass is 363 g/mol. The van der Waals surface area contributed by atoms with Crippen molar-refractivity contribution in [1.82, 2.24) is 20.9 Å². The number of hydrogen-bond acceptors (Lipinski definition) is 4. The first-order valence-corrected chi connectivity index (χ1v) is 9.74. The van der Waals surface area contributed by atoms with Crippen molar-refractivity contribution in [3.8, 4) is 0 Å². The van der Waals surface area contributed by atoms with Crippen LogP contribution in [0.1, 0.15) is 49.2 Å². The SMILES string of the molecule is CCNC(=NCC1CCCN1CC)NCCCNC(=O)c1occc1C. The highest BCUT2D eigenvalue weighted by Gasteiger charge is 2.22. The van der Waals surface area contributed by atoms with Crippen molar-refractivity contribution in [2.24, 2.45) is 4.99 Å². The van der Waals surface area contributed by atoms with Crippen molar-refractivity contribution in [3.63, 3.8) is 0 Å². The number of carbonyl (C=O) groups is 1. The molecule has 1 aromatic heterocycles. The third-order valence-corrected chi connectivity index (χ3v) is 4.71. The van der Waals surface area contributed by atoms with Crippen LogP contribution in [0.5, 0.6) is 0 Å². The summed E-state index contributed by atoms with van der Waals surface area (Å²) in [4.78, 5) is 19.2. The van der Waals surface area contributed by atoms with Gasteiger partial charge in [0.15, 0.2) is 11.7 Å². The van der Waals surface area contributed by atoms with Crippen LogP contribution in [0.3, 0.4) is 0 Å². The smallest absolute Gasteiger partial charge is 0.287 e. The van der Waals surface area contributed by atoms with Gasteiger partial charge in [0.25, 0.3) is 5.91 Å². The number of furan rings is 1. The summed E-state index contributed by atoms with van der Waals surface area (Å²) in [6, 6.07) is 2.35. The van der Waals surface area contributed by atoms with Crippen LogP contribution in [-0.2, 0) is 0 Å². The maximum Gasteiger partial charge on any atom is 0.287 e. The molecular weight excluding hydrogens is 330 g/mol. The number of guanidine groups is 1. The maximum atomic E-state index is 12.0. The average Bonchev–Trinajstić information content (AvgIpc) is 3.27. The minimum absolute atomic E-state index is 0.158. The second-order valence-electron chi connectivity index (χ2n) is 6.61. The summed E-state index contributed by atoms with van der Waals surface area (Å²) in [5, 5.41) is 9.51. The van der Waals surface area contributed by atoms with Crippen LogP contribution in [0, 0.1) is 6.92 Å². The molecule has 1 aromatic rings. The van der Waals surface area contributed by atoms with Gasteiger partial charge in [-0.1, -0.05) is 6.92 Å². The maximum absolute atomic E-state index is 12.0. The van der Waals surface area contributed by atoms with Gasteiger partial charge in [-0.05, 0) is 52.3 Å². The molecule has 0 spiro atoms. The molecule has 1 aliphatic heterocycles. The van der Waals surface area contributed by atoms with Crippen molar-refractivity contribution in [3.05, 3.63) is 23.7 Å². The zero-order valence-corrected chi connectivity index (χ0v) is 16.3. The van der Waals surface area contributed by atoms with Crippen LogP contribution >= 0.6 is 0 Å². The third-order valence-electron chi connectivity index (χ3n) is 4.71. The van der Waals surface area contributed by atoms with E-state index in [2.05, 4.69) is 34.7 Å². The zero-order chi connectivity index (χ0) is 18.8. The minimum atomic E-state index is -0.158. The zero-order valence-electron chi connectivity index (χ0n) is 16.3. The summed E-state index contributed by atoms with van der Waals surface area (Å²) in [5.74, 6) is 1.09. The normalized spacial score (nSPS) is 18.1. The van der Waals surface area contributed by atoms with Gasteiger partial charge in [-0.25, -0.2) is 0 Å². The van der Waals surface area contributed by atoms with E-state index < -0.39 is 0 Å². The van der Waals surface area contributed by atoms with Crippen molar-refractivity contribution in [1.29, 1.82) is 0 Å². The number of likely N-dealkylation sites (N-methyl/N-ethyl adjacent to an activating group) is 1. The van der Waals surface area contributed by atoms with Gasteiger partial charge < -0.3 is 20.4 Å². The molecule has 0 saturated carbocycles. The molecule has 0 bridgehead atoms. The van der Waals surface area contributed by atoms with Gasteiger partial charge in [-0.3, -0.25) is 14.7 Å². The molecule has 1 saturated heterocycles. The number of aryl methyl sites for hydroxylation is 1. The molecule has 0 aromatic carbocycles. The second-order valence-corrected chi connectivity index (χ2v) is 6.61. The molecule has 1 aliphatic rings. The molecule has 1 fully saturated rings. The Morgan fingerprint density at radius 2 is 2.12 bits per heavy atom. The number of nitrogens with one attached hydrogen (secondary N) is 3. The second kappa shape index (κ2) is 10.9. The third kappa shape index (κ3) is 6.05. The van der Waals surface area contributed by atoms with Gasteiger partial charge in [-0.2, -0.15) is 0 Å². The molecule has 146 valence electrons. The van der Waals surface area contributed by atoms with Gasteiger partial charge in [0.1, 0.15) is 0 Å². The molecule has 1 atom stereocenters. The van der Waals surface area contributed by atoms with Crippen LogP contribution in [0.15, 0.2) is 21.7 Å². The molecule has 2 rings (SSSR count). The molecular formula is C19H33N5O2. The Morgan fingerprint density at radius 3 is 2.81 bits per heavy atom. The topological polar surface area (TPSA) is 81.9 Å². The number of rotatable bonds is 9. The minimum Gasteiger partial charge on any atom is -0.459 e. The van der Waals surface area contributed by atoms with Crippen LogP contribution in [-0.4, -0.2) is 62.1 Å². The number of likely N-dealkylation sites (tertiary alicyclic amines) is 1. The summed E-state index contributed by atoms with van der Waals surface area (Å²) < 4.78 is 5.19. The summed E-state index contributed by atoms with van der Waals surface area (Å²) >= 11 is 0. The van der Waals surface area contributed by atoms with Crippen LogP contribution in [0.4, 0.5) is 0 Å². The fraction of sp³-hybridized carbons (Fsp3) is 0.684. The average molecular weight is 364 g/mol. The van der Waals surface area contributed by atoms with Gasteiger partial charge in [0, 0.05) is 31.2 Å². The van der Waals surface area contributed by atoms with Gasteiger partial charge in [-0.15, -0.1) is 0 Å². The number of amides is 1. The highest BCUT2D eigenvalue weighted by Crippen LogP contribution is 2.16. The Hall–Kier alpha value is -2.02. The lowest BCUT2D eigenvalue weighted by atomic mass is 10.2. The van der Waals surface area contributed by atoms with E-state index in [1.165, 1.54) is 25.6 Å². The Balaban J connectivity index is 1.68. The molecule has 26 heavy (non-hydrogen) atoms. The first-order valence-electron chi connectivity index (χ1n) is 9.74. The first-order chi connectivity index (χ1) is 12.7. The molecule has 7 heteroatoms. The van der Waals surface area contributed by atoms with Gasteiger partial charge in [0.05, 0.1) is 12.8 Å². The standard InChI is InChI=1S/C19H33N5O2/c1-4-20-19(23-14-16-8-6-12-24(16)5-2)22-11-7-10-21-18(25)17-15(3)9-13-26-17/h9,13,16H,4-8,10-12,14H2,1-3H3,(H,21,25)(H2,20,22,23). The molecule has 3 N–H and O–H groups in total. The van der Waals surface area contributed by atoms with E-state index in [-0.39, 0.29) is 5.91 Å². The van der Waals surface area contributed by atoms with Crippen molar-refractivity contribution >= 4 is 11.9 Å². The molecule has 1 unspecified atom stereocenters.